The SMILES string of the molecule is CCC1(COCCC[Si](C)(C)O[SiH2]C)COC1. The molecule has 0 saturated carbocycles. The van der Waals surface area contributed by atoms with Gasteiger partial charge in [-0.15, -0.1) is 0 Å². The van der Waals surface area contributed by atoms with Gasteiger partial charge in [0.15, 0.2) is 8.32 Å². The fourth-order valence-corrected chi connectivity index (χ4v) is 6.83. The quantitative estimate of drug-likeness (QED) is 0.477. The van der Waals surface area contributed by atoms with E-state index in [0.29, 0.717) is 5.41 Å². The van der Waals surface area contributed by atoms with Crippen molar-refractivity contribution in [3.63, 3.8) is 0 Å². The van der Waals surface area contributed by atoms with Gasteiger partial charge in [-0.1, -0.05) is 13.5 Å². The van der Waals surface area contributed by atoms with Gasteiger partial charge >= 0.3 is 0 Å². The van der Waals surface area contributed by atoms with Crippen LogP contribution in [0.1, 0.15) is 19.8 Å². The van der Waals surface area contributed by atoms with E-state index < -0.39 is 8.32 Å². The molecular formula is C12H28O3Si2. The zero-order valence-corrected chi connectivity index (χ0v) is 14.3. The molecule has 5 heteroatoms. The lowest BCUT2D eigenvalue weighted by molar-refractivity contribution is -0.150. The van der Waals surface area contributed by atoms with Gasteiger partial charge in [0, 0.05) is 12.0 Å². The first-order valence-corrected chi connectivity index (χ1v) is 11.9. The maximum atomic E-state index is 5.93. The van der Waals surface area contributed by atoms with Gasteiger partial charge in [-0.3, -0.25) is 0 Å². The molecule has 102 valence electrons. The molecule has 0 spiro atoms. The molecule has 3 nitrogen and oxygen atoms in total. The minimum atomic E-state index is -1.34. The van der Waals surface area contributed by atoms with E-state index in [-0.39, 0.29) is 9.76 Å². The molecule has 1 saturated heterocycles. The van der Waals surface area contributed by atoms with Gasteiger partial charge < -0.3 is 13.6 Å². The van der Waals surface area contributed by atoms with Crippen molar-refractivity contribution in [2.24, 2.45) is 5.41 Å². The molecule has 0 aromatic rings. The Morgan fingerprint density at radius 2 is 2.06 bits per heavy atom. The Morgan fingerprint density at radius 3 is 2.53 bits per heavy atom. The summed E-state index contributed by atoms with van der Waals surface area (Å²) >= 11 is 0. The van der Waals surface area contributed by atoms with Crippen LogP contribution in [0.5, 0.6) is 0 Å². The van der Waals surface area contributed by atoms with Crippen LogP contribution in [0.2, 0.25) is 25.7 Å². The maximum absolute atomic E-state index is 5.93. The maximum Gasteiger partial charge on any atom is 0.173 e. The van der Waals surface area contributed by atoms with Crippen molar-refractivity contribution >= 4 is 18.1 Å². The Balaban J connectivity index is 2.04. The second kappa shape index (κ2) is 7.04. The topological polar surface area (TPSA) is 27.7 Å². The first-order valence-electron chi connectivity index (χ1n) is 6.83. The average Bonchev–Trinajstić information content (AvgIpc) is 2.21. The van der Waals surface area contributed by atoms with Crippen LogP contribution in [-0.2, 0) is 13.6 Å². The summed E-state index contributed by atoms with van der Waals surface area (Å²) in [6.07, 6.45) is 2.31. The van der Waals surface area contributed by atoms with Crippen LogP contribution in [0, 0.1) is 5.41 Å². The molecule has 17 heavy (non-hydrogen) atoms. The van der Waals surface area contributed by atoms with Crippen molar-refractivity contribution in [1.82, 2.24) is 0 Å². The zero-order chi connectivity index (χ0) is 12.8. The molecule has 1 fully saturated rings. The molecule has 0 aromatic heterocycles. The molecule has 0 unspecified atom stereocenters. The summed E-state index contributed by atoms with van der Waals surface area (Å²) in [5.41, 5.74) is 0.333. The van der Waals surface area contributed by atoms with Crippen molar-refractivity contribution in [3.8, 4) is 0 Å². The molecular weight excluding hydrogens is 248 g/mol. The van der Waals surface area contributed by atoms with Crippen LogP contribution in [0.3, 0.4) is 0 Å². The van der Waals surface area contributed by atoms with Gasteiger partial charge in [-0.25, -0.2) is 0 Å². The van der Waals surface area contributed by atoms with Crippen LogP contribution in [0.15, 0.2) is 0 Å². The lowest BCUT2D eigenvalue weighted by atomic mass is 9.84. The van der Waals surface area contributed by atoms with E-state index in [2.05, 4.69) is 26.6 Å². The molecule has 0 radical (unpaired) electrons. The van der Waals surface area contributed by atoms with Gasteiger partial charge in [0.25, 0.3) is 0 Å². The van der Waals surface area contributed by atoms with Crippen molar-refractivity contribution in [1.29, 1.82) is 0 Å². The van der Waals surface area contributed by atoms with Gasteiger partial charge in [0.05, 0.1) is 19.8 Å². The predicted octanol–water partition coefficient (Wildman–Crippen LogP) is 2.17. The summed E-state index contributed by atoms with van der Waals surface area (Å²) < 4.78 is 17.0. The lowest BCUT2D eigenvalue weighted by Crippen LogP contribution is -2.45. The fraction of sp³-hybridized carbons (Fsp3) is 1.00. The second-order valence-corrected chi connectivity index (χ2v) is 11.4. The highest BCUT2D eigenvalue weighted by Crippen LogP contribution is 2.31. The molecule has 0 aliphatic carbocycles. The summed E-state index contributed by atoms with van der Waals surface area (Å²) in [6.45, 7) is 12.6. The first-order chi connectivity index (χ1) is 8.04. The Kier molecular flexibility index (Phi) is 6.36. The van der Waals surface area contributed by atoms with Crippen molar-refractivity contribution in [2.75, 3.05) is 26.4 Å². The van der Waals surface area contributed by atoms with Crippen LogP contribution in [0.25, 0.3) is 0 Å². The Bertz CT molecular complexity index is 212. The number of hydrogen-bond donors (Lipinski definition) is 0. The molecule has 1 rings (SSSR count). The molecule has 0 bridgehead atoms. The first kappa shape index (κ1) is 15.4. The van der Waals surface area contributed by atoms with E-state index in [1.807, 2.05) is 0 Å². The summed E-state index contributed by atoms with van der Waals surface area (Å²) in [6, 6.07) is 1.23. The number of hydrogen-bond acceptors (Lipinski definition) is 3. The van der Waals surface area contributed by atoms with Crippen molar-refractivity contribution < 1.29 is 13.6 Å². The average molecular weight is 277 g/mol. The molecule has 1 aliphatic heterocycles. The third-order valence-corrected chi connectivity index (χ3v) is 9.42. The van der Waals surface area contributed by atoms with Gasteiger partial charge in [0.2, 0.25) is 0 Å². The molecule has 0 atom stereocenters. The summed E-state index contributed by atoms with van der Waals surface area (Å²) in [7, 11) is -1.59. The standard InChI is InChI=1S/C12H28O3Si2/c1-5-12(10-14-11-12)9-13-7-6-8-17(3,4)15-16-2/h5-11,16H2,1-4H3. The van der Waals surface area contributed by atoms with Crippen LogP contribution >= 0.6 is 0 Å². The van der Waals surface area contributed by atoms with E-state index in [0.717, 1.165) is 39.3 Å². The Hall–Kier alpha value is 0.314. The smallest absolute Gasteiger partial charge is 0.173 e. The van der Waals surface area contributed by atoms with Crippen LogP contribution in [-0.4, -0.2) is 44.5 Å². The highest BCUT2D eigenvalue weighted by molar-refractivity contribution is 6.74. The van der Waals surface area contributed by atoms with E-state index >= 15 is 0 Å². The van der Waals surface area contributed by atoms with Crippen LogP contribution in [0.4, 0.5) is 0 Å². The minimum Gasteiger partial charge on any atom is -0.461 e. The van der Waals surface area contributed by atoms with Crippen LogP contribution < -0.4 is 0 Å². The number of rotatable bonds is 9. The molecule has 1 aliphatic rings. The van der Waals surface area contributed by atoms with E-state index in [9.17, 15) is 0 Å². The predicted molar refractivity (Wildman–Crippen MR) is 76.8 cm³/mol. The number of ether oxygens (including phenoxy) is 2. The van der Waals surface area contributed by atoms with Crippen molar-refractivity contribution in [3.05, 3.63) is 0 Å². The normalized spacial score (nSPS) is 19.8. The Morgan fingerprint density at radius 1 is 1.35 bits per heavy atom. The Labute approximate surface area is 109 Å². The largest absolute Gasteiger partial charge is 0.461 e. The summed E-state index contributed by atoms with van der Waals surface area (Å²) in [5.74, 6) is 0. The van der Waals surface area contributed by atoms with Gasteiger partial charge in [-0.2, -0.15) is 0 Å². The third kappa shape index (κ3) is 5.22. The molecule has 0 N–H and O–H groups in total. The third-order valence-electron chi connectivity index (χ3n) is 3.58. The molecule has 1 heterocycles. The highest BCUT2D eigenvalue weighted by Gasteiger charge is 2.36. The lowest BCUT2D eigenvalue weighted by Gasteiger charge is -2.40. The molecule has 0 aromatic carbocycles. The van der Waals surface area contributed by atoms with E-state index in [1.165, 1.54) is 6.04 Å². The van der Waals surface area contributed by atoms with E-state index in [4.69, 9.17) is 13.6 Å². The van der Waals surface area contributed by atoms with E-state index in [1.54, 1.807) is 0 Å². The fourth-order valence-electron chi connectivity index (χ4n) is 2.13. The minimum absolute atomic E-state index is 0.246. The van der Waals surface area contributed by atoms with Gasteiger partial charge in [-0.05, 0) is 32.0 Å². The highest BCUT2D eigenvalue weighted by atomic mass is 28.4. The second-order valence-electron chi connectivity index (χ2n) is 5.70. The van der Waals surface area contributed by atoms with Crippen molar-refractivity contribution in [2.45, 2.75) is 45.5 Å². The molecule has 0 amide bonds. The zero-order valence-electron chi connectivity index (χ0n) is 11.9. The summed E-state index contributed by atoms with van der Waals surface area (Å²) in [4.78, 5) is 0. The summed E-state index contributed by atoms with van der Waals surface area (Å²) in [5, 5.41) is 0. The van der Waals surface area contributed by atoms with Gasteiger partial charge in [0.1, 0.15) is 9.76 Å². The monoisotopic (exact) mass is 276 g/mol.